The Hall–Kier alpha value is -2.52. The molecule has 1 aromatic heterocycles. The summed E-state index contributed by atoms with van der Waals surface area (Å²) in [6.07, 6.45) is 1.68. The molecule has 0 spiro atoms. The van der Waals surface area contributed by atoms with Gasteiger partial charge in [0.05, 0.1) is 28.2 Å². The van der Waals surface area contributed by atoms with Crippen LogP contribution in [0.4, 0.5) is 0 Å². The Labute approximate surface area is 209 Å². The van der Waals surface area contributed by atoms with Gasteiger partial charge in [-0.3, -0.25) is 4.79 Å². The molecule has 3 aromatic rings. The fraction of sp³-hybridized carbons (Fsp3) is 0.333. The third-order valence-corrected chi connectivity index (χ3v) is 6.20. The summed E-state index contributed by atoms with van der Waals surface area (Å²) in [7, 11) is 0. The highest BCUT2D eigenvalue weighted by atomic mass is 79.9. The Balaban J connectivity index is 1.95. The van der Waals surface area contributed by atoms with E-state index in [1.807, 2.05) is 26.0 Å². The van der Waals surface area contributed by atoms with Gasteiger partial charge in [-0.05, 0) is 78.2 Å². The SMILES string of the molecule is CCOC(=O)[C@@H](C)Oc1ccc(C=Nn2c([C@@H](C)CC)nc3ccc(Br)cc3c2=O)cc1Br. The molecule has 0 aliphatic heterocycles. The van der Waals surface area contributed by atoms with E-state index in [2.05, 4.69) is 37.0 Å². The third-order valence-electron chi connectivity index (χ3n) is 5.09. The summed E-state index contributed by atoms with van der Waals surface area (Å²) in [5, 5.41) is 4.97. The highest BCUT2D eigenvalue weighted by molar-refractivity contribution is 9.10. The van der Waals surface area contributed by atoms with Crippen LogP contribution in [0.25, 0.3) is 10.9 Å². The van der Waals surface area contributed by atoms with Crippen molar-refractivity contribution < 1.29 is 14.3 Å². The van der Waals surface area contributed by atoms with Crippen LogP contribution in [0.3, 0.4) is 0 Å². The minimum Gasteiger partial charge on any atom is -0.478 e. The van der Waals surface area contributed by atoms with Gasteiger partial charge in [0.15, 0.2) is 6.10 Å². The molecule has 0 radical (unpaired) electrons. The first-order chi connectivity index (χ1) is 15.7. The predicted octanol–water partition coefficient (Wildman–Crippen LogP) is 5.65. The average Bonchev–Trinajstić information content (AvgIpc) is 2.79. The van der Waals surface area contributed by atoms with E-state index in [4.69, 9.17) is 14.5 Å². The fourth-order valence-corrected chi connectivity index (χ4v) is 3.95. The van der Waals surface area contributed by atoms with E-state index < -0.39 is 12.1 Å². The molecule has 3 rings (SSSR count). The van der Waals surface area contributed by atoms with Crippen LogP contribution in [-0.2, 0) is 9.53 Å². The Morgan fingerprint density at radius 2 is 1.94 bits per heavy atom. The maximum absolute atomic E-state index is 13.2. The van der Waals surface area contributed by atoms with Crippen LogP contribution in [-0.4, -0.2) is 34.6 Å². The first-order valence-corrected chi connectivity index (χ1v) is 12.2. The van der Waals surface area contributed by atoms with Crippen molar-refractivity contribution in [2.24, 2.45) is 5.10 Å². The zero-order chi connectivity index (χ0) is 24.1. The standard InChI is InChI=1S/C24H25Br2N3O4/c1-5-14(3)22-28-20-9-8-17(25)12-18(20)23(30)29(22)27-13-16-7-10-21(19(26)11-16)33-15(4)24(31)32-6-2/h7-15H,5-6H2,1-4H3/t14-,15+/m0/s1. The molecular weight excluding hydrogens is 554 g/mol. The van der Waals surface area contributed by atoms with Crippen molar-refractivity contribution in [2.75, 3.05) is 6.61 Å². The van der Waals surface area contributed by atoms with E-state index in [0.717, 1.165) is 16.5 Å². The number of ether oxygens (including phenoxy) is 2. The largest absolute Gasteiger partial charge is 0.478 e. The quantitative estimate of drug-likeness (QED) is 0.255. The molecule has 9 heteroatoms. The van der Waals surface area contributed by atoms with Crippen LogP contribution in [0.15, 0.2) is 55.2 Å². The van der Waals surface area contributed by atoms with Gasteiger partial charge in [0.1, 0.15) is 11.6 Å². The predicted molar refractivity (Wildman–Crippen MR) is 136 cm³/mol. The first kappa shape index (κ1) is 25.1. The maximum Gasteiger partial charge on any atom is 0.347 e. The molecule has 174 valence electrons. The highest BCUT2D eigenvalue weighted by Crippen LogP contribution is 2.27. The number of benzene rings is 2. The summed E-state index contributed by atoms with van der Waals surface area (Å²) in [5.74, 6) is 0.732. The highest BCUT2D eigenvalue weighted by Gasteiger charge is 2.18. The van der Waals surface area contributed by atoms with Gasteiger partial charge in [-0.15, -0.1) is 0 Å². The second-order valence-electron chi connectivity index (χ2n) is 7.50. The molecule has 0 unspecified atom stereocenters. The van der Waals surface area contributed by atoms with E-state index in [-0.39, 0.29) is 11.5 Å². The van der Waals surface area contributed by atoms with E-state index in [1.54, 1.807) is 44.3 Å². The Kier molecular flexibility index (Phi) is 8.42. The molecule has 2 aromatic carbocycles. The Morgan fingerprint density at radius 3 is 2.61 bits per heavy atom. The van der Waals surface area contributed by atoms with Crippen LogP contribution >= 0.6 is 31.9 Å². The third kappa shape index (κ3) is 5.89. The van der Waals surface area contributed by atoms with Crippen LogP contribution in [0.5, 0.6) is 5.75 Å². The average molecular weight is 579 g/mol. The maximum atomic E-state index is 13.2. The zero-order valence-electron chi connectivity index (χ0n) is 18.8. The van der Waals surface area contributed by atoms with Gasteiger partial charge >= 0.3 is 5.97 Å². The van der Waals surface area contributed by atoms with Gasteiger partial charge in [0, 0.05) is 10.4 Å². The Morgan fingerprint density at radius 1 is 1.18 bits per heavy atom. The van der Waals surface area contributed by atoms with Gasteiger partial charge in [-0.1, -0.05) is 29.8 Å². The van der Waals surface area contributed by atoms with Gasteiger partial charge < -0.3 is 9.47 Å². The lowest BCUT2D eigenvalue weighted by Crippen LogP contribution is -2.26. The first-order valence-electron chi connectivity index (χ1n) is 10.6. The molecular formula is C24H25Br2N3O4. The van der Waals surface area contributed by atoms with Crippen LogP contribution < -0.4 is 10.3 Å². The molecule has 7 nitrogen and oxygen atoms in total. The molecule has 0 N–H and O–H groups in total. The van der Waals surface area contributed by atoms with Crippen LogP contribution in [0.1, 0.15) is 51.4 Å². The summed E-state index contributed by atoms with van der Waals surface area (Å²) >= 11 is 6.89. The number of fused-ring (bicyclic) bond motifs is 1. The zero-order valence-corrected chi connectivity index (χ0v) is 22.0. The molecule has 0 bridgehead atoms. The minimum atomic E-state index is -0.736. The van der Waals surface area contributed by atoms with Gasteiger partial charge in [0.2, 0.25) is 0 Å². The van der Waals surface area contributed by atoms with Crippen molar-refractivity contribution in [2.45, 2.75) is 46.1 Å². The molecule has 33 heavy (non-hydrogen) atoms. The van der Waals surface area contributed by atoms with E-state index in [0.29, 0.717) is 33.6 Å². The summed E-state index contributed by atoms with van der Waals surface area (Å²) < 4.78 is 13.5. The molecule has 0 saturated carbocycles. The number of hydrogen-bond donors (Lipinski definition) is 0. The summed E-state index contributed by atoms with van der Waals surface area (Å²) in [5.41, 5.74) is 1.16. The number of nitrogens with zero attached hydrogens (tertiary/aromatic N) is 3. The van der Waals surface area contributed by atoms with Crippen molar-refractivity contribution >= 4 is 54.9 Å². The van der Waals surface area contributed by atoms with Crippen molar-refractivity contribution in [3.8, 4) is 5.75 Å². The lowest BCUT2D eigenvalue weighted by Gasteiger charge is -2.15. The lowest BCUT2D eigenvalue weighted by molar-refractivity contribution is -0.150. The lowest BCUT2D eigenvalue weighted by atomic mass is 10.1. The molecule has 1 heterocycles. The monoisotopic (exact) mass is 577 g/mol. The number of hydrogen-bond acceptors (Lipinski definition) is 6. The molecule has 2 atom stereocenters. The van der Waals surface area contributed by atoms with Crippen molar-refractivity contribution in [3.05, 3.63) is 67.1 Å². The topological polar surface area (TPSA) is 82.8 Å². The second-order valence-corrected chi connectivity index (χ2v) is 9.27. The van der Waals surface area contributed by atoms with Crippen molar-refractivity contribution in [1.29, 1.82) is 0 Å². The number of halogens is 2. The molecule has 0 saturated heterocycles. The Bertz CT molecular complexity index is 1260. The molecule has 0 amide bonds. The molecule has 0 aliphatic rings. The second kappa shape index (κ2) is 11.1. The molecule has 0 fully saturated rings. The summed E-state index contributed by atoms with van der Waals surface area (Å²) in [6.45, 7) is 7.74. The van der Waals surface area contributed by atoms with E-state index >= 15 is 0 Å². The van der Waals surface area contributed by atoms with Crippen molar-refractivity contribution in [1.82, 2.24) is 9.66 Å². The van der Waals surface area contributed by atoms with Crippen molar-refractivity contribution in [3.63, 3.8) is 0 Å². The molecule has 0 aliphatic carbocycles. The summed E-state index contributed by atoms with van der Waals surface area (Å²) in [6, 6.07) is 10.8. The number of carbonyl (C=O) groups excluding carboxylic acids is 1. The normalized spacial score (nSPS) is 13.3. The van der Waals surface area contributed by atoms with Gasteiger partial charge in [-0.2, -0.15) is 9.78 Å². The number of aromatic nitrogens is 2. The van der Waals surface area contributed by atoms with Crippen LogP contribution in [0, 0.1) is 0 Å². The smallest absolute Gasteiger partial charge is 0.347 e. The number of carbonyl (C=O) groups is 1. The van der Waals surface area contributed by atoms with Gasteiger partial charge in [0.25, 0.3) is 5.56 Å². The number of rotatable bonds is 8. The van der Waals surface area contributed by atoms with E-state index in [9.17, 15) is 9.59 Å². The van der Waals surface area contributed by atoms with E-state index in [1.165, 1.54) is 4.68 Å². The fourth-order valence-electron chi connectivity index (χ4n) is 3.09. The minimum absolute atomic E-state index is 0.0507. The number of esters is 1. The van der Waals surface area contributed by atoms with Gasteiger partial charge in [-0.25, -0.2) is 9.78 Å². The van der Waals surface area contributed by atoms with Crippen LogP contribution in [0.2, 0.25) is 0 Å². The summed E-state index contributed by atoms with van der Waals surface area (Å²) in [4.78, 5) is 29.7.